The van der Waals surface area contributed by atoms with Crippen molar-refractivity contribution < 1.29 is 18.4 Å². The number of ether oxygens (including phenoxy) is 1. The van der Waals surface area contributed by atoms with Gasteiger partial charge in [0.2, 0.25) is 0 Å². The van der Waals surface area contributed by atoms with Crippen molar-refractivity contribution in [3.8, 4) is 0 Å². The van der Waals surface area contributed by atoms with E-state index in [2.05, 4.69) is 17.8 Å². The summed E-state index contributed by atoms with van der Waals surface area (Å²) in [4.78, 5) is 7.31. The Morgan fingerprint density at radius 3 is 2.74 bits per heavy atom. The van der Waals surface area contributed by atoms with Gasteiger partial charge in [-0.1, -0.05) is 11.2 Å². The summed E-state index contributed by atoms with van der Waals surface area (Å²) < 4.78 is 32.6. The van der Waals surface area contributed by atoms with E-state index in [1.54, 1.807) is 11.3 Å². The minimum atomic E-state index is -0.652. The Bertz CT molecular complexity index is 727. The Kier molecular flexibility index (Phi) is 4.70. The second-order valence-corrected chi connectivity index (χ2v) is 6.98. The van der Waals surface area contributed by atoms with Gasteiger partial charge >= 0.3 is 0 Å². The number of thiol groups is 1. The zero-order valence-electron chi connectivity index (χ0n) is 12.4. The minimum absolute atomic E-state index is 0.0776. The van der Waals surface area contributed by atoms with E-state index in [1.807, 2.05) is 18.4 Å². The van der Waals surface area contributed by atoms with Gasteiger partial charge in [-0.15, -0.1) is 24.0 Å². The van der Waals surface area contributed by atoms with E-state index in [-0.39, 0.29) is 18.8 Å². The summed E-state index contributed by atoms with van der Waals surface area (Å²) in [6.45, 7) is 1.89. The molecule has 3 nitrogen and oxygen atoms in total. The molecule has 1 aliphatic heterocycles. The van der Waals surface area contributed by atoms with Crippen molar-refractivity contribution in [1.29, 1.82) is 0 Å². The van der Waals surface area contributed by atoms with Crippen LogP contribution < -0.4 is 0 Å². The highest BCUT2D eigenvalue weighted by Crippen LogP contribution is 2.32. The Morgan fingerprint density at radius 2 is 2.09 bits per heavy atom. The molecular weight excluding hydrogens is 340 g/mol. The number of rotatable bonds is 5. The summed E-state index contributed by atoms with van der Waals surface area (Å²) in [5, 5.41) is 6.04. The van der Waals surface area contributed by atoms with Crippen molar-refractivity contribution in [3.63, 3.8) is 0 Å². The van der Waals surface area contributed by atoms with Gasteiger partial charge in [0.25, 0.3) is 0 Å². The van der Waals surface area contributed by atoms with Crippen LogP contribution in [0, 0.1) is 11.6 Å². The normalized spacial score (nSPS) is 20.4. The number of halogens is 2. The molecule has 1 aliphatic rings. The molecule has 7 heteroatoms. The van der Waals surface area contributed by atoms with Crippen molar-refractivity contribution in [2.24, 2.45) is 5.16 Å². The van der Waals surface area contributed by atoms with Gasteiger partial charge in [0.05, 0.1) is 18.1 Å². The van der Waals surface area contributed by atoms with Crippen LogP contribution in [0.2, 0.25) is 0 Å². The van der Waals surface area contributed by atoms with Crippen LogP contribution >= 0.6 is 24.0 Å². The molecule has 1 unspecified atom stereocenters. The van der Waals surface area contributed by atoms with E-state index in [0.29, 0.717) is 6.42 Å². The number of hydrogen-bond acceptors (Lipinski definition) is 5. The van der Waals surface area contributed by atoms with Crippen molar-refractivity contribution >= 4 is 29.7 Å². The summed E-state index contributed by atoms with van der Waals surface area (Å²) in [6.07, 6.45) is 0.556. The molecule has 1 aromatic heterocycles. The molecule has 0 fully saturated rings. The molecule has 0 amide bonds. The highest BCUT2D eigenvalue weighted by Gasteiger charge is 2.36. The van der Waals surface area contributed by atoms with E-state index < -0.39 is 17.2 Å². The number of hydrogen-bond donors (Lipinski definition) is 1. The van der Waals surface area contributed by atoms with Gasteiger partial charge in [-0.25, -0.2) is 8.78 Å². The van der Waals surface area contributed by atoms with E-state index in [1.165, 1.54) is 18.2 Å². The third kappa shape index (κ3) is 3.57. The number of nitrogens with zero attached hydrogens (tertiary/aromatic N) is 1. The van der Waals surface area contributed by atoms with Crippen molar-refractivity contribution in [1.82, 2.24) is 0 Å². The summed E-state index contributed by atoms with van der Waals surface area (Å²) in [5.74, 6) is -1.23. The molecule has 1 aromatic carbocycles. The van der Waals surface area contributed by atoms with Crippen LogP contribution in [-0.2, 0) is 16.2 Å². The molecule has 2 heterocycles. The Morgan fingerprint density at radius 1 is 1.35 bits per heavy atom. The second kappa shape index (κ2) is 6.59. The van der Waals surface area contributed by atoms with Crippen LogP contribution in [0.5, 0.6) is 0 Å². The zero-order chi connectivity index (χ0) is 16.4. The number of benzene rings is 1. The lowest BCUT2D eigenvalue weighted by molar-refractivity contribution is -0.0716. The zero-order valence-corrected chi connectivity index (χ0v) is 14.1. The molecule has 0 spiro atoms. The monoisotopic (exact) mass is 355 g/mol. The standard InChI is InChI=1S/C16H15F2NO2S2/c1-16(7-13(19-21-16)15-14(22)5-6-23-15)9-20-8-10-11(17)3-2-4-12(10)18/h2-6,22H,7-9H2,1H3. The maximum absolute atomic E-state index is 13.6. The van der Waals surface area contributed by atoms with Gasteiger partial charge in [0.15, 0.2) is 5.60 Å². The quantitative estimate of drug-likeness (QED) is 0.805. The third-order valence-electron chi connectivity index (χ3n) is 3.54. The van der Waals surface area contributed by atoms with Gasteiger partial charge in [-0.05, 0) is 30.5 Å². The lowest BCUT2D eigenvalue weighted by Crippen LogP contribution is -2.31. The van der Waals surface area contributed by atoms with Crippen LogP contribution in [0.15, 0.2) is 39.7 Å². The molecule has 3 rings (SSSR count). The first-order valence-electron chi connectivity index (χ1n) is 7.01. The highest BCUT2D eigenvalue weighted by atomic mass is 32.1. The van der Waals surface area contributed by atoms with Gasteiger partial charge < -0.3 is 9.57 Å². The first-order chi connectivity index (χ1) is 11.0. The molecule has 23 heavy (non-hydrogen) atoms. The van der Waals surface area contributed by atoms with Crippen molar-refractivity contribution in [2.75, 3.05) is 6.61 Å². The Hall–Kier alpha value is -1.44. The summed E-state index contributed by atoms with van der Waals surface area (Å²) in [6, 6.07) is 5.65. The largest absolute Gasteiger partial charge is 0.386 e. The Balaban J connectivity index is 1.58. The van der Waals surface area contributed by atoms with Crippen molar-refractivity contribution in [2.45, 2.75) is 30.4 Å². The lowest BCUT2D eigenvalue weighted by Gasteiger charge is -2.21. The third-order valence-corrected chi connectivity index (χ3v) is 5.03. The van der Waals surface area contributed by atoms with E-state index in [9.17, 15) is 8.78 Å². The van der Waals surface area contributed by atoms with Gasteiger partial charge in [-0.2, -0.15) is 0 Å². The Labute approximate surface area is 142 Å². The van der Waals surface area contributed by atoms with Crippen molar-refractivity contribution in [3.05, 3.63) is 51.7 Å². The predicted octanol–water partition coefficient (Wildman–Crippen LogP) is 4.41. The van der Waals surface area contributed by atoms with E-state index in [4.69, 9.17) is 9.57 Å². The maximum atomic E-state index is 13.6. The lowest BCUT2D eigenvalue weighted by atomic mass is 10.0. The maximum Gasteiger partial charge on any atom is 0.163 e. The second-order valence-electron chi connectivity index (χ2n) is 5.58. The van der Waals surface area contributed by atoms with Crippen LogP contribution in [0.3, 0.4) is 0 Å². The molecule has 122 valence electrons. The van der Waals surface area contributed by atoms with E-state index in [0.717, 1.165) is 15.5 Å². The molecule has 0 saturated heterocycles. The van der Waals surface area contributed by atoms with Gasteiger partial charge in [0, 0.05) is 16.9 Å². The fourth-order valence-corrected chi connectivity index (χ4v) is 3.58. The fraction of sp³-hybridized carbons (Fsp3) is 0.312. The summed E-state index contributed by atoms with van der Waals surface area (Å²) in [7, 11) is 0. The predicted molar refractivity (Wildman–Crippen MR) is 88.2 cm³/mol. The number of thiophene rings is 1. The van der Waals surface area contributed by atoms with Gasteiger partial charge in [0.1, 0.15) is 17.3 Å². The molecule has 0 bridgehead atoms. The van der Waals surface area contributed by atoms with Crippen LogP contribution in [0.4, 0.5) is 8.78 Å². The minimum Gasteiger partial charge on any atom is -0.386 e. The number of oxime groups is 1. The molecule has 0 radical (unpaired) electrons. The van der Waals surface area contributed by atoms with Gasteiger partial charge in [-0.3, -0.25) is 0 Å². The van der Waals surface area contributed by atoms with Crippen LogP contribution in [0.25, 0.3) is 0 Å². The molecule has 0 aliphatic carbocycles. The first kappa shape index (κ1) is 16.4. The molecule has 0 saturated carbocycles. The molecule has 2 aromatic rings. The average Bonchev–Trinajstić information content (AvgIpc) is 3.09. The first-order valence-corrected chi connectivity index (χ1v) is 8.34. The summed E-state index contributed by atoms with van der Waals surface area (Å²) >= 11 is 5.93. The van der Waals surface area contributed by atoms with Crippen LogP contribution in [-0.4, -0.2) is 17.9 Å². The van der Waals surface area contributed by atoms with E-state index >= 15 is 0 Å². The average molecular weight is 355 g/mol. The summed E-state index contributed by atoms with van der Waals surface area (Å²) in [5.41, 5.74) is 0.0840. The molecule has 1 atom stereocenters. The fourth-order valence-electron chi connectivity index (χ4n) is 2.34. The van der Waals surface area contributed by atoms with Crippen LogP contribution in [0.1, 0.15) is 23.8 Å². The molecule has 0 N–H and O–H groups in total. The molecular formula is C16H15F2NO2S2. The topological polar surface area (TPSA) is 30.8 Å². The highest BCUT2D eigenvalue weighted by molar-refractivity contribution is 7.80. The SMILES string of the molecule is CC1(COCc2c(F)cccc2F)CC(c2sccc2S)=NO1. The smallest absolute Gasteiger partial charge is 0.163 e.